The van der Waals surface area contributed by atoms with Gasteiger partial charge in [-0.3, -0.25) is 9.13 Å². The van der Waals surface area contributed by atoms with E-state index in [4.69, 9.17) is 9.05 Å². The molecule has 0 aliphatic carbocycles. The summed E-state index contributed by atoms with van der Waals surface area (Å²) in [5.41, 5.74) is 0. The standard InChI is InChI=1S/C11H17IO8P2S/c1-3-19-22(16,20-4-2)11(12,21(13,14)15)23(17,18)10-8-6-5-7-9-10/h5-9H,3-4H2,1-2H3,(H2,13,14,15). The molecule has 0 saturated heterocycles. The van der Waals surface area contributed by atoms with Gasteiger partial charge in [-0.2, -0.15) is 0 Å². The van der Waals surface area contributed by atoms with Crippen molar-refractivity contribution in [3.05, 3.63) is 30.3 Å². The predicted molar refractivity (Wildman–Crippen MR) is 93.3 cm³/mol. The van der Waals surface area contributed by atoms with Crippen molar-refractivity contribution in [2.75, 3.05) is 13.2 Å². The second kappa shape index (κ2) is 7.61. The molecule has 2 N–H and O–H groups in total. The van der Waals surface area contributed by atoms with Gasteiger partial charge in [-0.15, -0.1) is 0 Å². The fourth-order valence-electron chi connectivity index (χ4n) is 1.75. The molecule has 12 heteroatoms. The zero-order chi connectivity index (χ0) is 17.9. The molecule has 0 saturated carbocycles. The molecule has 0 aliphatic rings. The highest BCUT2D eigenvalue weighted by Gasteiger charge is 2.70. The number of rotatable bonds is 8. The van der Waals surface area contributed by atoms with Crippen molar-refractivity contribution in [3.63, 3.8) is 0 Å². The Morgan fingerprint density at radius 1 is 1.09 bits per heavy atom. The van der Waals surface area contributed by atoms with Crippen LogP contribution in [0.2, 0.25) is 0 Å². The average Bonchev–Trinajstić information content (AvgIpc) is 2.46. The Bertz CT molecular complexity index is 722. The van der Waals surface area contributed by atoms with Crippen LogP contribution in [0.3, 0.4) is 0 Å². The summed E-state index contributed by atoms with van der Waals surface area (Å²) in [6.07, 6.45) is 0. The monoisotopic (exact) mass is 498 g/mol. The maximum Gasteiger partial charge on any atom is 0.374 e. The lowest BCUT2D eigenvalue weighted by atomic mass is 10.4. The number of halogens is 1. The Morgan fingerprint density at radius 2 is 1.52 bits per heavy atom. The first-order valence-corrected chi connectivity index (χ1v) is 12.1. The summed E-state index contributed by atoms with van der Waals surface area (Å²) in [4.78, 5) is 19.0. The van der Waals surface area contributed by atoms with Crippen molar-refractivity contribution in [2.45, 2.75) is 21.0 Å². The second-order valence-electron chi connectivity index (χ2n) is 4.22. The number of hydrogen-bond acceptors (Lipinski definition) is 6. The summed E-state index contributed by atoms with van der Waals surface area (Å²) in [5, 5.41) is 0. The molecule has 23 heavy (non-hydrogen) atoms. The molecular weight excluding hydrogens is 481 g/mol. The van der Waals surface area contributed by atoms with E-state index in [1.165, 1.54) is 32.0 Å². The van der Waals surface area contributed by atoms with Crippen LogP contribution < -0.4 is 0 Å². The molecule has 0 aromatic heterocycles. The topological polar surface area (TPSA) is 127 Å². The van der Waals surface area contributed by atoms with Crippen LogP contribution in [0.1, 0.15) is 13.8 Å². The Labute approximate surface area is 148 Å². The van der Waals surface area contributed by atoms with Gasteiger partial charge >= 0.3 is 17.4 Å². The Morgan fingerprint density at radius 3 is 1.87 bits per heavy atom. The van der Waals surface area contributed by atoms with E-state index in [2.05, 4.69) is 0 Å². The van der Waals surface area contributed by atoms with E-state index in [1.807, 2.05) is 0 Å². The minimum Gasteiger partial charge on any atom is -0.322 e. The van der Waals surface area contributed by atoms with Gasteiger partial charge in [-0.1, -0.05) is 18.2 Å². The lowest BCUT2D eigenvalue weighted by Crippen LogP contribution is -2.34. The van der Waals surface area contributed by atoms with Crippen molar-refractivity contribution in [3.8, 4) is 0 Å². The van der Waals surface area contributed by atoms with Crippen LogP contribution in [-0.4, -0.2) is 33.7 Å². The van der Waals surface area contributed by atoms with Gasteiger partial charge in [0.25, 0.3) is 0 Å². The molecule has 8 nitrogen and oxygen atoms in total. The van der Waals surface area contributed by atoms with Crippen molar-refractivity contribution < 1.29 is 36.4 Å². The van der Waals surface area contributed by atoms with E-state index < -0.39 is 32.2 Å². The molecule has 1 unspecified atom stereocenters. The molecule has 0 amide bonds. The number of benzene rings is 1. The van der Waals surface area contributed by atoms with Crippen LogP contribution in [0.5, 0.6) is 0 Å². The van der Waals surface area contributed by atoms with Gasteiger partial charge in [0.1, 0.15) is 0 Å². The summed E-state index contributed by atoms with van der Waals surface area (Å²) >= 11 is 0.989. The molecule has 0 heterocycles. The smallest absolute Gasteiger partial charge is 0.322 e. The van der Waals surface area contributed by atoms with Crippen molar-refractivity contribution in [1.29, 1.82) is 0 Å². The molecule has 0 fully saturated rings. The maximum atomic E-state index is 13.0. The molecule has 132 valence electrons. The van der Waals surface area contributed by atoms with Gasteiger partial charge in [0.15, 0.2) is 0 Å². The van der Waals surface area contributed by atoms with E-state index in [0.717, 1.165) is 34.7 Å². The molecule has 1 aromatic rings. The minimum absolute atomic E-state index is 0.244. The summed E-state index contributed by atoms with van der Waals surface area (Å²) in [7, 11) is -14.9. The van der Waals surface area contributed by atoms with Crippen LogP contribution in [0.4, 0.5) is 0 Å². The highest BCUT2D eigenvalue weighted by atomic mass is 127. The molecule has 0 spiro atoms. The number of hydrogen-bond donors (Lipinski definition) is 2. The van der Waals surface area contributed by atoms with E-state index in [-0.39, 0.29) is 13.2 Å². The highest BCUT2D eigenvalue weighted by Crippen LogP contribution is 2.80. The number of sulfone groups is 1. The van der Waals surface area contributed by atoms with Gasteiger partial charge in [-0.25, -0.2) is 8.42 Å². The maximum absolute atomic E-state index is 13.0. The largest absolute Gasteiger partial charge is 0.374 e. The first-order chi connectivity index (χ1) is 10.5. The summed E-state index contributed by atoms with van der Waals surface area (Å²) in [6.45, 7) is 2.34. The molecular formula is C11H17IO8P2S. The van der Waals surface area contributed by atoms with E-state index in [0.29, 0.717) is 0 Å². The van der Waals surface area contributed by atoms with E-state index in [1.54, 1.807) is 0 Å². The van der Waals surface area contributed by atoms with E-state index in [9.17, 15) is 27.3 Å². The molecule has 1 atom stereocenters. The Kier molecular flexibility index (Phi) is 7.03. The van der Waals surface area contributed by atoms with Crippen LogP contribution in [0.15, 0.2) is 35.2 Å². The van der Waals surface area contributed by atoms with Crippen molar-refractivity contribution >= 4 is 47.6 Å². The first-order valence-electron chi connectivity index (χ1n) is 6.41. The van der Waals surface area contributed by atoms with Crippen molar-refractivity contribution in [1.82, 2.24) is 0 Å². The summed E-state index contributed by atoms with van der Waals surface area (Å²) < 4.78 is 57.5. The van der Waals surface area contributed by atoms with Crippen molar-refractivity contribution in [2.24, 2.45) is 0 Å². The fourth-order valence-corrected chi connectivity index (χ4v) is 10.2. The van der Waals surface area contributed by atoms with Crippen LogP contribution in [-0.2, 0) is 28.0 Å². The fraction of sp³-hybridized carbons (Fsp3) is 0.455. The van der Waals surface area contributed by atoms with Gasteiger partial charge < -0.3 is 18.8 Å². The van der Waals surface area contributed by atoms with E-state index >= 15 is 0 Å². The van der Waals surface area contributed by atoms with Gasteiger partial charge in [0, 0.05) is 0 Å². The van der Waals surface area contributed by atoms with Gasteiger partial charge in [0.05, 0.1) is 18.1 Å². The predicted octanol–water partition coefficient (Wildman–Crippen LogP) is 2.95. The third-order valence-corrected chi connectivity index (χ3v) is 16.6. The van der Waals surface area contributed by atoms with Gasteiger partial charge in [0.2, 0.25) is 9.84 Å². The van der Waals surface area contributed by atoms with Gasteiger partial charge in [-0.05, 0) is 48.6 Å². The normalized spacial score (nSPS) is 16.0. The van der Waals surface area contributed by atoms with Crippen LogP contribution in [0, 0.1) is 0 Å². The van der Waals surface area contributed by atoms with Crippen LogP contribution in [0.25, 0.3) is 0 Å². The molecule has 0 aliphatic heterocycles. The molecule has 1 aromatic carbocycles. The SMILES string of the molecule is CCOP(=O)(OCC)C(I)(P(=O)(O)O)S(=O)(=O)c1ccccc1. The molecule has 0 radical (unpaired) electrons. The Balaban J connectivity index is 3.76. The third kappa shape index (κ3) is 3.74. The molecule has 0 bridgehead atoms. The van der Waals surface area contributed by atoms with Crippen LogP contribution >= 0.6 is 37.8 Å². The highest BCUT2D eigenvalue weighted by molar-refractivity contribution is 14.1. The summed E-state index contributed by atoms with van der Waals surface area (Å²) in [5.74, 6) is 0. The molecule has 1 rings (SSSR count). The average molecular weight is 498 g/mol. The quantitative estimate of drug-likeness (QED) is 0.318. The lowest BCUT2D eigenvalue weighted by molar-refractivity contribution is 0.218. The zero-order valence-electron chi connectivity index (χ0n) is 12.3. The Hall–Kier alpha value is 0.200. The summed E-state index contributed by atoms with van der Waals surface area (Å²) in [6, 6.07) is 6.61. The third-order valence-electron chi connectivity index (χ3n) is 2.69. The number of alkyl halides is 1. The second-order valence-corrected chi connectivity index (χ2v) is 15.3. The first kappa shape index (κ1) is 21.2. The minimum atomic E-state index is -5.47. The zero-order valence-corrected chi connectivity index (χ0v) is 17.1. The lowest BCUT2D eigenvalue weighted by Gasteiger charge is -2.33.